The number of rotatable bonds is 9. The number of anilines is 1. The molecule has 1 heterocycles. The Morgan fingerprint density at radius 2 is 1.87 bits per heavy atom. The number of fused-ring (bicyclic) bond motifs is 1. The summed E-state index contributed by atoms with van der Waals surface area (Å²) in [5.41, 5.74) is 1.97. The van der Waals surface area contributed by atoms with Gasteiger partial charge in [0.1, 0.15) is 11.3 Å². The second-order valence-electron chi connectivity index (χ2n) is 7.06. The molecule has 162 valence electrons. The molecule has 8 heteroatoms. The molecule has 0 fully saturated rings. The highest BCUT2D eigenvalue weighted by molar-refractivity contribution is 8.00. The lowest BCUT2D eigenvalue weighted by Crippen LogP contribution is -2.34. The van der Waals surface area contributed by atoms with Gasteiger partial charge >= 0.3 is 0 Å². The van der Waals surface area contributed by atoms with Gasteiger partial charge in [0.15, 0.2) is 5.13 Å². The molecule has 2 aromatic carbocycles. The predicted octanol–water partition coefficient (Wildman–Crippen LogP) is 5.11. The van der Waals surface area contributed by atoms with Crippen molar-refractivity contribution in [3.05, 3.63) is 48.0 Å². The van der Waals surface area contributed by atoms with Gasteiger partial charge in [0, 0.05) is 11.4 Å². The molecule has 1 aromatic heterocycles. The molecule has 3 aromatic rings. The molecule has 0 saturated heterocycles. The molecule has 0 atom stereocenters. The number of aryl methyl sites for hydroxylation is 1. The second-order valence-corrected chi connectivity index (χ2v) is 9.09. The number of amides is 1. The SMILES string of the molecule is COc1ccc(C)c2sc(N(CCCN(C)C)C(=O)CSc3ccccc3)nc12.Cl. The van der Waals surface area contributed by atoms with Gasteiger partial charge in [-0.2, -0.15) is 0 Å². The van der Waals surface area contributed by atoms with Gasteiger partial charge in [-0.05, 0) is 57.7 Å². The third kappa shape index (κ3) is 6.11. The normalized spacial score (nSPS) is 10.8. The average Bonchev–Trinajstić information content (AvgIpc) is 3.16. The molecule has 0 unspecified atom stereocenters. The number of aromatic nitrogens is 1. The van der Waals surface area contributed by atoms with Crippen LogP contribution in [0.25, 0.3) is 10.2 Å². The zero-order chi connectivity index (χ0) is 20.8. The Hall–Kier alpha value is -1.80. The Labute approximate surface area is 192 Å². The van der Waals surface area contributed by atoms with Gasteiger partial charge < -0.3 is 9.64 Å². The number of methoxy groups -OCH3 is 1. The topological polar surface area (TPSA) is 45.7 Å². The van der Waals surface area contributed by atoms with Gasteiger partial charge in [0.25, 0.3) is 0 Å². The number of carbonyl (C=O) groups excluding carboxylic acids is 1. The van der Waals surface area contributed by atoms with E-state index in [0.29, 0.717) is 12.3 Å². The monoisotopic (exact) mass is 465 g/mol. The molecule has 0 aliphatic carbocycles. The highest BCUT2D eigenvalue weighted by atomic mass is 35.5. The molecule has 0 radical (unpaired) electrons. The van der Waals surface area contributed by atoms with E-state index in [1.165, 1.54) is 0 Å². The Morgan fingerprint density at radius 3 is 2.53 bits per heavy atom. The number of thiazole rings is 1. The van der Waals surface area contributed by atoms with Crippen LogP contribution in [0, 0.1) is 6.92 Å². The van der Waals surface area contributed by atoms with Crippen molar-refractivity contribution in [2.24, 2.45) is 0 Å². The number of benzene rings is 2. The maximum absolute atomic E-state index is 13.1. The molecule has 3 rings (SSSR count). The van der Waals surface area contributed by atoms with Gasteiger partial charge in [-0.15, -0.1) is 24.2 Å². The van der Waals surface area contributed by atoms with Crippen molar-refractivity contribution in [2.45, 2.75) is 18.2 Å². The van der Waals surface area contributed by atoms with Crippen molar-refractivity contribution >= 4 is 56.8 Å². The van der Waals surface area contributed by atoms with E-state index in [1.54, 1.807) is 30.2 Å². The van der Waals surface area contributed by atoms with Crippen LogP contribution in [-0.4, -0.2) is 55.8 Å². The maximum atomic E-state index is 13.1. The summed E-state index contributed by atoms with van der Waals surface area (Å²) in [5.74, 6) is 1.21. The quantitative estimate of drug-likeness (QED) is 0.411. The molecule has 0 aliphatic heterocycles. The van der Waals surface area contributed by atoms with Crippen molar-refractivity contribution < 1.29 is 9.53 Å². The zero-order valence-corrected chi connectivity index (χ0v) is 20.2. The zero-order valence-electron chi connectivity index (χ0n) is 17.8. The van der Waals surface area contributed by atoms with Crippen LogP contribution in [0.5, 0.6) is 5.75 Å². The van der Waals surface area contributed by atoms with Crippen molar-refractivity contribution in [1.82, 2.24) is 9.88 Å². The first-order chi connectivity index (χ1) is 14.0. The molecule has 0 spiro atoms. The lowest BCUT2D eigenvalue weighted by molar-refractivity contribution is -0.116. The molecule has 30 heavy (non-hydrogen) atoms. The first kappa shape index (κ1) is 24.5. The van der Waals surface area contributed by atoms with Crippen LogP contribution < -0.4 is 9.64 Å². The number of halogens is 1. The summed E-state index contributed by atoms with van der Waals surface area (Å²) in [5, 5.41) is 0.741. The first-order valence-electron chi connectivity index (χ1n) is 9.56. The van der Waals surface area contributed by atoms with E-state index in [1.807, 2.05) is 61.5 Å². The summed E-state index contributed by atoms with van der Waals surface area (Å²) in [7, 11) is 5.74. The van der Waals surface area contributed by atoms with E-state index in [4.69, 9.17) is 9.72 Å². The van der Waals surface area contributed by atoms with Crippen molar-refractivity contribution in [3.8, 4) is 5.75 Å². The third-order valence-electron chi connectivity index (χ3n) is 4.54. The summed E-state index contributed by atoms with van der Waals surface area (Å²) < 4.78 is 6.55. The summed E-state index contributed by atoms with van der Waals surface area (Å²) in [6.07, 6.45) is 0.890. The fraction of sp³-hybridized carbons (Fsp3) is 0.364. The average molecular weight is 466 g/mol. The number of carbonyl (C=O) groups is 1. The van der Waals surface area contributed by atoms with Gasteiger partial charge in [-0.1, -0.05) is 35.6 Å². The van der Waals surface area contributed by atoms with Crippen molar-refractivity contribution in [1.29, 1.82) is 0 Å². The van der Waals surface area contributed by atoms with Gasteiger partial charge in [0.2, 0.25) is 5.91 Å². The van der Waals surface area contributed by atoms with Crippen LogP contribution >= 0.6 is 35.5 Å². The fourth-order valence-corrected chi connectivity index (χ4v) is 4.88. The maximum Gasteiger partial charge on any atom is 0.239 e. The van der Waals surface area contributed by atoms with E-state index < -0.39 is 0 Å². The van der Waals surface area contributed by atoms with Crippen LogP contribution in [0.3, 0.4) is 0 Å². The van der Waals surface area contributed by atoms with Gasteiger partial charge in [-0.25, -0.2) is 4.98 Å². The smallest absolute Gasteiger partial charge is 0.239 e. The molecule has 1 amide bonds. The minimum Gasteiger partial charge on any atom is -0.494 e. The Kier molecular flexibility index (Phi) is 9.42. The molecule has 5 nitrogen and oxygen atoms in total. The summed E-state index contributed by atoms with van der Waals surface area (Å²) in [6.45, 7) is 3.63. The summed E-state index contributed by atoms with van der Waals surface area (Å²) >= 11 is 3.12. The highest BCUT2D eigenvalue weighted by Crippen LogP contribution is 2.36. The Bertz CT molecular complexity index is 964. The lowest BCUT2D eigenvalue weighted by atomic mass is 10.2. The van der Waals surface area contributed by atoms with Crippen LogP contribution in [0.15, 0.2) is 47.4 Å². The summed E-state index contributed by atoms with van der Waals surface area (Å²) in [6, 6.07) is 14.0. The molecule has 0 bridgehead atoms. The molecule has 0 saturated carbocycles. The number of thioether (sulfide) groups is 1. The van der Waals surface area contributed by atoms with Gasteiger partial charge in [0.05, 0.1) is 17.6 Å². The number of hydrogen-bond donors (Lipinski definition) is 0. The number of ether oxygens (including phenoxy) is 1. The largest absolute Gasteiger partial charge is 0.494 e. The molecular formula is C22H28ClN3O2S2. The third-order valence-corrected chi connectivity index (χ3v) is 6.75. The predicted molar refractivity (Wildman–Crippen MR) is 131 cm³/mol. The number of hydrogen-bond acceptors (Lipinski definition) is 6. The van der Waals surface area contributed by atoms with Crippen LogP contribution in [-0.2, 0) is 4.79 Å². The summed E-state index contributed by atoms with van der Waals surface area (Å²) in [4.78, 5) is 23.0. The minimum absolute atomic E-state index is 0. The van der Waals surface area contributed by atoms with Gasteiger partial charge in [-0.3, -0.25) is 9.69 Å². The molecule has 0 aliphatic rings. The fourth-order valence-electron chi connectivity index (χ4n) is 2.99. The van der Waals surface area contributed by atoms with E-state index in [0.717, 1.165) is 44.5 Å². The van der Waals surface area contributed by atoms with E-state index in [2.05, 4.69) is 11.8 Å². The Balaban J connectivity index is 0.00000320. The minimum atomic E-state index is 0. The number of nitrogens with zero attached hydrogens (tertiary/aromatic N) is 3. The molecule has 0 N–H and O–H groups in total. The van der Waals surface area contributed by atoms with E-state index in [9.17, 15) is 4.79 Å². The standard InChI is InChI=1S/C22H27N3O2S2.ClH/c1-16-11-12-18(27-4)20-21(16)29-22(23-20)25(14-8-13-24(2)3)19(26)15-28-17-9-6-5-7-10-17;/h5-7,9-12H,8,13-15H2,1-4H3;1H. The van der Waals surface area contributed by atoms with Crippen LogP contribution in [0.1, 0.15) is 12.0 Å². The Morgan fingerprint density at radius 1 is 1.13 bits per heavy atom. The van der Waals surface area contributed by atoms with Crippen LogP contribution in [0.2, 0.25) is 0 Å². The van der Waals surface area contributed by atoms with Crippen molar-refractivity contribution in [3.63, 3.8) is 0 Å². The first-order valence-corrected chi connectivity index (χ1v) is 11.4. The van der Waals surface area contributed by atoms with Crippen molar-refractivity contribution in [2.75, 3.05) is 44.9 Å². The molecular weight excluding hydrogens is 438 g/mol. The second kappa shape index (κ2) is 11.6. The lowest BCUT2D eigenvalue weighted by Gasteiger charge is -2.21. The van der Waals surface area contributed by atoms with E-state index >= 15 is 0 Å². The highest BCUT2D eigenvalue weighted by Gasteiger charge is 2.21. The van der Waals surface area contributed by atoms with E-state index in [-0.39, 0.29) is 18.3 Å². The van der Waals surface area contributed by atoms with Crippen LogP contribution in [0.4, 0.5) is 5.13 Å².